The molecule has 0 atom stereocenters. The Hall–Kier alpha value is -3.76. The molecule has 1 heterocycles. The van der Waals surface area contributed by atoms with E-state index in [0.717, 1.165) is 11.3 Å². The van der Waals surface area contributed by atoms with Crippen LogP contribution in [0.4, 0.5) is 10.5 Å². The molecule has 1 aliphatic heterocycles. The minimum atomic E-state index is -0.627. The average molecular weight is 559 g/mol. The Morgan fingerprint density at radius 1 is 1.21 bits per heavy atom. The van der Waals surface area contributed by atoms with Gasteiger partial charge in [0.05, 0.1) is 29.2 Å². The number of hydrogen-bond donors (Lipinski definition) is 1. The van der Waals surface area contributed by atoms with Gasteiger partial charge in [-0.3, -0.25) is 19.3 Å². The maximum Gasteiger partial charge on any atom is 0.339 e. The standard InChI is InChI=1S/C27H27ClN2O7S/c1-4-6-13-37-26(33)19-15-18(10-11-20(19)28)29-23(31)16-30-25(32)22(38-27(30)34)14-17-8-7-9-21(35-3)24(17)36-12-5-2/h5,7-11,14-15H,2,4,6,12-13,16H2,1,3H3,(H,29,31)/b22-14-. The van der Waals surface area contributed by atoms with Crippen molar-refractivity contribution in [2.75, 3.05) is 32.2 Å². The number of benzene rings is 2. The van der Waals surface area contributed by atoms with E-state index in [1.807, 2.05) is 6.92 Å². The zero-order valence-corrected chi connectivity index (χ0v) is 22.5. The van der Waals surface area contributed by atoms with Gasteiger partial charge in [-0.1, -0.05) is 49.7 Å². The van der Waals surface area contributed by atoms with Crippen molar-refractivity contribution in [3.05, 3.63) is 70.1 Å². The highest BCUT2D eigenvalue weighted by Gasteiger charge is 2.36. The Kier molecular flexibility index (Phi) is 10.4. The number of methoxy groups -OCH3 is 1. The highest BCUT2D eigenvalue weighted by molar-refractivity contribution is 8.18. The topological polar surface area (TPSA) is 111 Å². The van der Waals surface area contributed by atoms with Gasteiger partial charge in [0.1, 0.15) is 13.2 Å². The van der Waals surface area contributed by atoms with E-state index in [9.17, 15) is 19.2 Å². The molecule has 200 valence electrons. The second kappa shape index (κ2) is 13.7. The van der Waals surface area contributed by atoms with E-state index >= 15 is 0 Å². The Labute approximate surface area is 229 Å². The first-order valence-corrected chi connectivity index (χ1v) is 12.9. The highest BCUT2D eigenvalue weighted by Crippen LogP contribution is 2.37. The van der Waals surface area contributed by atoms with Crippen LogP contribution in [0.15, 0.2) is 54.0 Å². The molecule has 3 rings (SSSR count). The number of ether oxygens (including phenoxy) is 3. The predicted molar refractivity (Wildman–Crippen MR) is 147 cm³/mol. The molecule has 0 bridgehead atoms. The number of unbranched alkanes of at least 4 members (excludes halogenated alkanes) is 1. The molecule has 2 aromatic rings. The van der Waals surface area contributed by atoms with Crippen LogP contribution in [-0.4, -0.2) is 54.8 Å². The number of anilines is 1. The van der Waals surface area contributed by atoms with Crippen LogP contribution >= 0.6 is 23.4 Å². The van der Waals surface area contributed by atoms with Crippen molar-refractivity contribution in [2.24, 2.45) is 0 Å². The van der Waals surface area contributed by atoms with Crippen molar-refractivity contribution in [1.82, 2.24) is 4.90 Å². The van der Waals surface area contributed by atoms with Gasteiger partial charge in [-0.05, 0) is 48.5 Å². The third-order valence-electron chi connectivity index (χ3n) is 5.24. The summed E-state index contributed by atoms with van der Waals surface area (Å²) >= 11 is 6.83. The molecule has 0 saturated carbocycles. The van der Waals surface area contributed by atoms with Gasteiger partial charge in [0, 0.05) is 11.3 Å². The van der Waals surface area contributed by atoms with Crippen molar-refractivity contribution in [3.63, 3.8) is 0 Å². The summed E-state index contributed by atoms with van der Waals surface area (Å²) in [6.45, 7) is 5.55. The molecule has 1 saturated heterocycles. The predicted octanol–water partition coefficient (Wildman–Crippen LogP) is 5.55. The van der Waals surface area contributed by atoms with E-state index in [1.165, 1.54) is 31.4 Å². The quantitative estimate of drug-likeness (QED) is 0.156. The minimum Gasteiger partial charge on any atom is -0.493 e. The lowest BCUT2D eigenvalue weighted by Crippen LogP contribution is -2.36. The minimum absolute atomic E-state index is 0.0995. The summed E-state index contributed by atoms with van der Waals surface area (Å²) in [6.07, 6.45) is 4.66. The zero-order valence-electron chi connectivity index (χ0n) is 21.0. The number of amides is 3. The van der Waals surface area contributed by atoms with Crippen LogP contribution in [0.25, 0.3) is 6.08 Å². The fourth-order valence-electron chi connectivity index (χ4n) is 3.37. The van der Waals surface area contributed by atoms with Crippen molar-refractivity contribution in [2.45, 2.75) is 19.8 Å². The molecular weight excluding hydrogens is 532 g/mol. The Morgan fingerprint density at radius 3 is 2.71 bits per heavy atom. The first kappa shape index (κ1) is 28.8. The molecule has 1 fully saturated rings. The molecule has 0 aliphatic carbocycles. The van der Waals surface area contributed by atoms with Gasteiger partial charge in [-0.15, -0.1) is 0 Å². The third kappa shape index (κ3) is 7.17. The molecule has 0 unspecified atom stereocenters. The summed E-state index contributed by atoms with van der Waals surface area (Å²) in [7, 11) is 1.49. The first-order valence-electron chi connectivity index (χ1n) is 11.7. The maximum absolute atomic E-state index is 13.0. The molecule has 1 aliphatic rings. The second-order valence-corrected chi connectivity index (χ2v) is 9.38. The number of hydrogen-bond acceptors (Lipinski definition) is 8. The molecule has 0 spiro atoms. The fraction of sp³-hybridized carbons (Fsp3) is 0.259. The summed E-state index contributed by atoms with van der Waals surface area (Å²) in [5.41, 5.74) is 0.896. The van der Waals surface area contributed by atoms with Gasteiger partial charge in [-0.25, -0.2) is 4.79 Å². The van der Waals surface area contributed by atoms with E-state index in [1.54, 1.807) is 24.3 Å². The number of rotatable bonds is 12. The average Bonchev–Trinajstić information content (AvgIpc) is 3.16. The molecule has 9 nitrogen and oxygen atoms in total. The maximum atomic E-state index is 13.0. The number of carbonyl (C=O) groups excluding carboxylic acids is 4. The van der Waals surface area contributed by atoms with Crippen LogP contribution in [-0.2, 0) is 14.3 Å². The lowest BCUT2D eigenvalue weighted by atomic mass is 10.1. The van der Waals surface area contributed by atoms with Gasteiger partial charge in [-0.2, -0.15) is 0 Å². The molecule has 0 radical (unpaired) electrons. The SMILES string of the molecule is C=CCOc1c(/C=C2\SC(=O)N(CC(=O)Nc3ccc(Cl)c(C(=O)OCCCC)c3)C2=O)cccc1OC. The van der Waals surface area contributed by atoms with Crippen LogP contribution in [0.1, 0.15) is 35.7 Å². The zero-order chi connectivity index (χ0) is 27.7. The Balaban J connectivity index is 1.72. The summed E-state index contributed by atoms with van der Waals surface area (Å²) in [5, 5.41) is 2.17. The lowest BCUT2D eigenvalue weighted by Gasteiger charge is -2.14. The number of esters is 1. The van der Waals surface area contributed by atoms with E-state index in [2.05, 4.69) is 11.9 Å². The number of nitrogens with one attached hydrogen (secondary N) is 1. The van der Waals surface area contributed by atoms with Crippen LogP contribution in [0, 0.1) is 0 Å². The van der Waals surface area contributed by atoms with Gasteiger partial charge in [0.2, 0.25) is 5.91 Å². The van der Waals surface area contributed by atoms with Crippen LogP contribution < -0.4 is 14.8 Å². The second-order valence-electron chi connectivity index (χ2n) is 7.98. The molecule has 3 amide bonds. The smallest absolute Gasteiger partial charge is 0.339 e. The molecule has 1 N–H and O–H groups in total. The van der Waals surface area contributed by atoms with E-state index in [0.29, 0.717) is 35.2 Å². The summed E-state index contributed by atoms with van der Waals surface area (Å²) in [4.78, 5) is 51.5. The molecule has 0 aromatic heterocycles. The monoisotopic (exact) mass is 558 g/mol. The number of halogens is 1. The van der Waals surface area contributed by atoms with Crippen LogP contribution in [0.3, 0.4) is 0 Å². The van der Waals surface area contributed by atoms with E-state index in [-0.39, 0.29) is 34.4 Å². The number of nitrogens with zero attached hydrogens (tertiary/aromatic N) is 1. The van der Waals surface area contributed by atoms with Crippen LogP contribution in [0.2, 0.25) is 5.02 Å². The Morgan fingerprint density at radius 2 is 2.00 bits per heavy atom. The largest absolute Gasteiger partial charge is 0.493 e. The van der Waals surface area contributed by atoms with Gasteiger partial charge in [0.25, 0.3) is 11.1 Å². The fourth-order valence-corrected chi connectivity index (χ4v) is 4.40. The van der Waals surface area contributed by atoms with Crippen molar-refractivity contribution in [1.29, 1.82) is 0 Å². The number of para-hydroxylation sites is 1. The summed E-state index contributed by atoms with van der Waals surface area (Å²) in [5.74, 6) is -1.01. The molecule has 38 heavy (non-hydrogen) atoms. The van der Waals surface area contributed by atoms with Crippen molar-refractivity contribution < 1.29 is 33.4 Å². The van der Waals surface area contributed by atoms with Crippen molar-refractivity contribution in [3.8, 4) is 11.5 Å². The van der Waals surface area contributed by atoms with E-state index < -0.39 is 29.6 Å². The first-order chi connectivity index (χ1) is 18.3. The molecule has 11 heteroatoms. The Bertz CT molecular complexity index is 1280. The van der Waals surface area contributed by atoms with Gasteiger partial charge < -0.3 is 19.5 Å². The summed E-state index contributed by atoms with van der Waals surface area (Å²) in [6, 6.07) is 9.49. The highest BCUT2D eigenvalue weighted by atomic mass is 35.5. The third-order valence-corrected chi connectivity index (χ3v) is 6.47. The van der Waals surface area contributed by atoms with Gasteiger partial charge >= 0.3 is 5.97 Å². The lowest BCUT2D eigenvalue weighted by molar-refractivity contribution is -0.127. The molecular formula is C27H27ClN2O7S. The number of thioether (sulfide) groups is 1. The van der Waals surface area contributed by atoms with Crippen molar-refractivity contribution >= 4 is 58.1 Å². The van der Waals surface area contributed by atoms with Crippen LogP contribution in [0.5, 0.6) is 11.5 Å². The normalized spacial score (nSPS) is 14.0. The number of carbonyl (C=O) groups is 4. The van der Waals surface area contributed by atoms with E-state index in [4.69, 9.17) is 25.8 Å². The van der Waals surface area contributed by atoms with Gasteiger partial charge in [0.15, 0.2) is 11.5 Å². The number of imide groups is 1. The molecule has 2 aromatic carbocycles. The summed E-state index contributed by atoms with van der Waals surface area (Å²) < 4.78 is 16.2.